The number of rotatable bonds is 14. The average Bonchev–Trinajstić information content (AvgIpc) is 4.13. The number of hydrogen-bond donors (Lipinski definition) is 2. The number of carbonyl (C=O) groups is 3. The van der Waals surface area contributed by atoms with Crippen LogP contribution < -0.4 is 5.32 Å². The number of esters is 1. The molecule has 3 fully saturated rings. The molecule has 11 heteroatoms. The number of aromatic nitrogens is 3. The summed E-state index contributed by atoms with van der Waals surface area (Å²) < 4.78 is 10.3. The lowest BCUT2D eigenvalue weighted by Crippen LogP contribution is -2.41. The van der Waals surface area contributed by atoms with E-state index in [-0.39, 0.29) is 36.1 Å². The second-order valence-corrected chi connectivity index (χ2v) is 17.2. The lowest BCUT2D eigenvalue weighted by atomic mass is 9.75. The van der Waals surface area contributed by atoms with Gasteiger partial charge in [-0.2, -0.15) is 0 Å². The molecule has 8 rings (SSSR count). The maximum absolute atomic E-state index is 13.7. The molecule has 2 N–H and O–H groups in total. The molecule has 2 aliphatic heterocycles. The lowest BCUT2D eigenvalue weighted by Gasteiger charge is -2.30. The van der Waals surface area contributed by atoms with Gasteiger partial charge in [0.05, 0.1) is 43.5 Å². The molecule has 4 heterocycles. The lowest BCUT2D eigenvalue weighted by molar-refractivity contribution is -0.151. The van der Waals surface area contributed by atoms with Crippen molar-refractivity contribution in [1.82, 2.24) is 25.2 Å². The minimum Gasteiger partial charge on any atom is -0.469 e. The van der Waals surface area contributed by atoms with Crippen LogP contribution in [0.5, 0.6) is 0 Å². The Kier molecular flexibility index (Phi) is 11.9. The maximum atomic E-state index is 13.7. The van der Waals surface area contributed by atoms with Gasteiger partial charge in [0, 0.05) is 62.3 Å². The average molecular weight is 797 g/mol. The number of aliphatic imine (C=N–C) groups is 1. The number of allylic oxidation sites excluding steroid dienone is 1. The highest BCUT2D eigenvalue weighted by atomic mass is 16.5. The van der Waals surface area contributed by atoms with Crippen molar-refractivity contribution in [2.45, 2.75) is 90.3 Å². The van der Waals surface area contributed by atoms with E-state index in [0.717, 1.165) is 82.8 Å². The van der Waals surface area contributed by atoms with E-state index in [1.807, 2.05) is 30.4 Å². The van der Waals surface area contributed by atoms with Gasteiger partial charge in [-0.1, -0.05) is 68.4 Å². The van der Waals surface area contributed by atoms with Crippen LogP contribution in [0.15, 0.2) is 84.2 Å². The van der Waals surface area contributed by atoms with E-state index in [9.17, 15) is 14.4 Å². The summed E-state index contributed by atoms with van der Waals surface area (Å²) in [5.41, 5.74) is 9.72. The number of nitrogens with one attached hydrogen (secondary N) is 2. The van der Waals surface area contributed by atoms with Gasteiger partial charge >= 0.3 is 5.97 Å². The highest BCUT2D eigenvalue weighted by molar-refractivity contribution is 6.02. The molecule has 2 amide bonds. The number of fused-ring (bicyclic) bond motifs is 2. The van der Waals surface area contributed by atoms with E-state index in [2.05, 4.69) is 89.8 Å². The fourth-order valence-corrected chi connectivity index (χ4v) is 9.95. The zero-order valence-corrected chi connectivity index (χ0v) is 34.8. The molecule has 7 atom stereocenters. The molecule has 3 unspecified atom stereocenters. The van der Waals surface area contributed by atoms with Gasteiger partial charge < -0.3 is 24.7 Å². The number of hydrogen-bond acceptors (Lipinski definition) is 8. The number of methoxy groups -OCH3 is 2. The topological polar surface area (TPSA) is 139 Å². The van der Waals surface area contributed by atoms with Gasteiger partial charge in [-0.3, -0.25) is 24.4 Å². The van der Waals surface area contributed by atoms with Crippen LogP contribution in [-0.4, -0.2) is 70.2 Å². The fraction of sp³-hybridized carbons (Fsp3) is 0.458. The fourth-order valence-electron chi connectivity index (χ4n) is 9.95. The van der Waals surface area contributed by atoms with E-state index in [4.69, 9.17) is 19.5 Å². The predicted molar refractivity (Wildman–Crippen MR) is 228 cm³/mol. The molecule has 59 heavy (non-hydrogen) atoms. The molecule has 2 aliphatic carbocycles. The Balaban J connectivity index is 0.879. The Morgan fingerprint density at radius 1 is 0.864 bits per heavy atom. The molecule has 4 aliphatic rings. The van der Waals surface area contributed by atoms with Crippen LogP contribution in [0, 0.1) is 29.6 Å². The second-order valence-electron chi connectivity index (χ2n) is 17.2. The van der Waals surface area contributed by atoms with Gasteiger partial charge in [0.1, 0.15) is 5.82 Å². The molecule has 0 spiro atoms. The van der Waals surface area contributed by atoms with Crippen LogP contribution in [0.2, 0.25) is 0 Å². The number of nitrogens with zero attached hydrogens (tertiary/aromatic N) is 4. The van der Waals surface area contributed by atoms with Crippen molar-refractivity contribution >= 4 is 29.1 Å². The van der Waals surface area contributed by atoms with Crippen LogP contribution in [0.3, 0.4) is 0 Å². The Labute approximate surface area is 347 Å². The van der Waals surface area contributed by atoms with Crippen LogP contribution >= 0.6 is 0 Å². The van der Waals surface area contributed by atoms with E-state index in [1.54, 1.807) is 7.11 Å². The number of H-pyrrole nitrogens is 1. The SMILES string of the molecule is COC(=O)C[C@H](C(=O)N1CCC[C@H]1c1ncc(-c2ccc(-c3ccc(C4=CN=C(C5C6CCC(C6)[C@H]5C(=O)NCc5ccc(C(C)C)nc5)C4)cc3)cc2)[nH]1)[C@@H](C)OC. The van der Waals surface area contributed by atoms with Gasteiger partial charge in [-0.25, -0.2) is 4.98 Å². The van der Waals surface area contributed by atoms with E-state index in [1.165, 1.54) is 19.1 Å². The summed E-state index contributed by atoms with van der Waals surface area (Å²) in [4.78, 5) is 59.1. The first-order chi connectivity index (χ1) is 28.6. The van der Waals surface area contributed by atoms with Crippen molar-refractivity contribution in [1.29, 1.82) is 0 Å². The molecule has 2 aromatic carbocycles. The molecule has 0 radical (unpaired) electrons. The van der Waals surface area contributed by atoms with Crippen LogP contribution in [-0.2, 0) is 30.4 Å². The van der Waals surface area contributed by atoms with Crippen molar-refractivity contribution in [3.8, 4) is 22.4 Å². The summed E-state index contributed by atoms with van der Waals surface area (Å²) in [6, 6.07) is 21.0. The first kappa shape index (κ1) is 40.4. The largest absolute Gasteiger partial charge is 0.469 e. The highest BCUT2D eigenvalue weighted by Crippen LogP contribution is 2.54. The smallest absolute Gasteiger partial charge is 0.306 e. The van der Waals surface area contributed by atoms with Gasteiger partial charge in [0.15, 0.2) is 0 Å². The van der Waals surface area contributed by atoms with Crippen molar-refractivity contribution in [3.63, 3.8) is 0 Å². The third-order valence-corrected chi connectivity index (χ3v) is 13.4. The van der Waals surface area contributed by atoms with E-state index >= 15 is 0 Å². The summed E-state index contributed by atoms with van der Waals surface area (Å²) in [6.07, 6.45) is 11.1. The normalized spacial score (nSPS) is 23.3. The Hall–Kier alpha value is -5.42. The van der Waals surface area contributed by atoms with Crippen molar-refractivity contribution in [2.24, 2.45) is 34.6 Å². The van der Waals surface area contributed by atoms with Gasteiger partial charge in [0.25, 0.3) is 0 Å². The molecular formula is C48H56N6O5. The number of carbonyl (C=O) groups excluding carboxylic acids is 3. The zero-order chi connectivity index (χ0) is 41.2. The molecule has 1 saturated heterocycles. The zero-order valence-electron chi connectivity index (χ0n) is 34.8. The quantitative estimate of drug-likeness (QED) is 0.123. The third kappa shape index (κ3) is 8.40. The summed E-state index contributed by atoms with van der Waals surface area (Å²) in [5.74, 6) is 1.21. The Morgan fingerprint density at radius 2 is 1.58 bits per heavy atom. The summed E-state index contributed by atoms with van der Waals surface area (Å²) >= 11 is 0. The molecular weight excluding hydrogens is 741 g/mol. The third-order valence-electron chi connectivity index (χ3n) is 13.4. The van der Waals surface area contributed by atoms with Crippen molar-refractivity contribution in [2.75, 3.05) is 20.8 Å². The van der Waals surface area contributed by atoms with Crippen LogP contribution in [0.25, 0.3) is 28.0 Å². The minimum absolute atomic E-state index is 0.0227. The standard InChI is InChI=1S/C48H56N6O5/c1-28(2)39-19-8-30(24-49-39)25-52-47(56)45-36-18-17-35(21-36)44(45)40-22-37(26-50-40)33-11-9-31(10-12-33)32-13-15-34(16-14-32)41-27-51-46(53-41)42-7-6-20-54(42)48(57)38(29(3)58-4)23-43(55)59-5/h8-16,19,24,26-29,35-36,38,42,44-45H,6-7,17-18,20-23,25H2,1-5H3,(H,51,53)(H,52,56)/t29-,35?,36?,38+,42+,44?,45-/m1/s1. The molecule has 2 saturated carbocycles. The van der Waals surface area contributed by atoms with Gasteiger partial charge in [0.2, 0.25) is 11.8 Å². The van der Waals surface area contributed by atoms with Crippen LogP contribution in [0.4, 0.5) is 0 Å². The molecule has 2 bridgehead atoms. The number of amides is 2. The highest BCUT2D eigenvalue weighted by Gasteiger charge is 2.52. The number of aromatic amines is 1. The molecule has 308 valence electrons. The van der Waals surface area contributed by atoms with Crippen molar-refractivity contribution < 1.29 is 23.9 Å². The Bertz CT molecular complexity index is 2210. The number of benzene rings is 2. The first-order valence-corrected chi connectivity index (χ1v) is 21.3. The number of ether oxygens (including phenoxy) is 2. The van der Waals surface area contributed by atoms with E-state index in [0.29, 0.717) is 30.8 Å². The van der Waals surface area contributed by atoms with E-state index < -0.39 is 18.0 Å². The minimum atomic E-state index is -0.632. The maximum Gasteiger partial charge on any atom is 0.306 e. The van der Waals surface area contributed by atoms with Gasteiger partial charge in [-0.05, 0) is 96.2 Å². The van der Waals surface area contributed by atoms with Gasteiger partial charge in [-0.15, -0.1) is 0 Å². The summed E-state index contributed by atoms with van der Waals surface area (Å²) in [6.45, 7) is 7.18. The second kappa shape index (κ2) is 17.4. The Morgan fingerprint density at radius 3 is 2.25 bits per heavy atom. The number of imidazole rings is 1. The summed E-state index contributed by atoms with van der Waals surface area (Å²) in [7, 11) is 2.88. The van der Waals surface area contributed by atoms with Crippen LogP contribution in [0.1, 0.15) is 100 Å². The molecule has 4 aromatic rings. The predicted octanol–water partition coefficient (Wildman–Crippen LogP) is 8.30. The number of likely N-dealkylation sites (tertiary alicyclic amines) is 1. The van der Waals surface area contributed by atoms with Crippen molar-refractivity contribution in [3.05, 3.63) is 102 Å². The first-order valence-electron chi connectivity index (χ1n) is 21.3. The monoisotopic (exact) mass is 796 g/mol. The summed E-state index contributed by atoms with van der Waals surface area (Å²) in [5, 5.41) is 3.25. The number of pyridine rings is 1. The molecule has 2 aromatic heterocycles. The molecule has 11 nitrogen and oxygen atoms in total.